The Kier molecular flexibility index (Phi) is 6.77. The van der Waals surface area contributed by atoms with Crippen LogP contribution in [0.25, 0.3) is 0 Å². The zero-order valence-electron chi connectivity index (χ0n) is 14.2. The summed E-state index contributed by atoms with van der Waals surface area (Å²) in [5.41, 5.74) is -1.37. The van der Waals surface area contributed by atoms with Gasteiger partial charge in [-0.2, -0.15) is 17.9 Å². The summed E-state index contributed by atoms with van der Waals surface area (Å²) in [5, 5.41) is 11.2. The predicted molar refractivity (Wildman–Crippen MR) is 85.6 cm³/mol. The fraction of sp³-hybridized carbons (Fsp3) is 0.467. The molecular formula is C15H19F3N2O5S. The fourth-order valence-electron chi connectivity index (χ4n) is 2.08. The molecule has 0 heterocycles. The van der Waals surface area contributed by atoms with Gasteiger partial charge in [0.25, 0.3) is 0 Å². The van der Waals surface area contributed by atoms with Crippen LogP contribution in [0.5, 0.6) is 0 Å². The molecule has 0 bridgehead atoms. The number of carbonyl (C=O) groups excluding carboxylic acids is 1. The number of carboxylic acid groups (broad SMARTS) is 1. The van der Waals surface area contributed by atoms with Crippen molar-refractivity contribution in [2.75, 3.05) is 0 Å². The maximum Gasteiger partial charge on any atom is 0.417 e. The molecule has 2 atom stereocenters. The van der Waals surface area contributed by atoms with Gasteiger partial charge < -0.3 is 10.4 Å². The van der Waals surface area contributed by atoms with Gasteiger partial charge in [0.2, 0.25) is 15.9 Å². The molecule has 0 radical (unpaired) electrons. The molecule has 0 spiro atoms. The van der Waals surface area contributed by atoms with Gasteiger partial charge in [-0.3, -0.25) is 4.79 Å². The molecule has 26 heavy (non-hydrogen) atoms. The van der Waals surface area contributed by atoms with Gasteiger partial charge in [0, 0.05) is 0 Å². The maximum atomic E-state index is 13.0. The van der Waals surface area contributed by atoms with Gasteiger partial charge in [0.05, 0.1) is 16.5 Å². The predicted octanol–water partition coefficient (Wildman–Crippen LogP) is 1.60. The molecular weight excluding hydrogens is 377 g/mol. The van der Waals surface area contributed by atoms with E-state index in [1.807, 2.05) is 4.72 Å². The lowest BCUT2D eigenvalue weighted by molar-refractivity contribution is -0.143. The SMILES string of the molecule is CC(NS(=O)(=O)c1ccccc1C(F)(F)F)C(=O)N[C@H](C(=O)O)C(C)C. The van der Waals surface area contributed by atoms with Crippen LogP contribution in [0, 0.1) is 5.92 Å². The van der Waals surface area contributed by atoms with Gasteiger partial charge in [-0.1, -0.05) is 26.0 Å². The van der Waals surface area contributed by atoms with E-state index in [0.29, 0.717) is 6.07 Å². The number of aliphatic carboxylic acids is 1. The summed E-state index contributed by atoms with van der Waals surface area (Å²) in [4.78, 5) is 22.1. The van der Waals surface area contributed by atoms with Crippen LogP contribution >= 0.6 is 0 Å². The van der Waals surface area contributed by atoms with Crippen molar-refractivity contribution in [3.63, 3.8) is 0 Å². The number of benzene rings is 1. The van der Waals surface area contributed by atoms with E-state index < -0.39 is 56.5 Å². The summed E-state index contributed by atoms with van der Waals surface area (Å²) in [6, 6.07) is 0.785. The quantitative estimate of drug-likeness (QED) is 0.648. The maximum absolute atomic E-state index is 13.0. The van der Waals surface area contributed by atoms with Crippen molar-refractivity contribution in [2.24, 2.45) is 5.92 Å². The van der Waals surface area contributed by atoms with Gasteiger partial charge in [0.1, 0.15) is 6.04 Å². The molecule has 0 saturated carbocycles. The fourth-order valence-corrected chi connectivity index (χ4v) is 3.51. The monoisotopic (exact) mass is 396 g/mol. The van der Waals surface area contributed by atoms with Crippen LogP contribution in [-0.2, 0) is 25.8 Å². The number of hydrogen-bond acceptors (Lipinski definition) is 4. The van der Waals surface area contributed by atoms with Gasteiger partial charge in [0.15, 0.2) is 0 Å². The highest BCUT2D eigenvalue weighted by atomic mass is 32.2. The summed E-state index contributed by atoms with van der Waals surface area (Å²) in [5.74, 6) is -2.77. The van der Waals surface area contributed by atoms with E-state index in [0.717, 1.165) is 25.1 Å². The normalized spacial score (nSPS) is 14.7. The van der Waals surface area contributed by atoms with Crippen LogP contribution in [0.4, 0.5) is 13.2 Å². The van der Waals surface area contributed by atoms with Crippen molar-refractivity contribution in [3.8, 4) is 0 Å². The average Bonchev–Trinajstić information content (AvgIpc) is 2.50. The highest BCUT2D eigenvalue weighted by molar-refractivity contribution is 7.89. The Bertz CT molecular complexity index is 778. The summed E-state index contributed by atoms with van der Waals surface area (Å²) < 4.78 is 65.3. The van der Waals surface area contributed by atoms with Gasteiger partial charge in [-0.25, -0.2) is 13.2 Å². The molecule has 1 aromatic rings. The molecule has 11 heteroatoms. The average molecular weight is 396 g/mol. The van der Waals surface area contributed by atoms with Crippen molar-refractivity contribution in [2.45, 2.75) is 43.9 Å². The third-order valence-corrected chi connectivity index (χ3v) is 5.04. The van der Waals surface area contributed by atoms with E-state index in [2.05, 4.69) is 5.32 Å². The largest absolute Gasteiger partial charge is 0.480 e. The molecule has 7 nitrogen and oxygen atoms in total. The Morgan fingerprint density at radius 2 is 1.65 bits per heavy atom. The lowest BCUT2D eigenvalue weighted by Crippen LogP contribution is -2.52. The summed E-state index contributed by atoms with van der Waals surface area (Å²) in [6.45, 7) is 4.17. The van der Waals surface area contributed by atoms with Crippen molar-refractivity contribution in [1.29, 1.82) is 0 Å². The molecule has 1 unspecified atom stereocenters. The van der Waals surface area contributed by atoms with Gasteiger partial charge >= 0.3 is 12.1 Å². The molecule has 0 fully saturated rings. The minimum Gasteiger partial charge on any atom is -0.480 e. The molecule has 0 aliphatic heterocycles. The number of rotatable bonds is 7. The van der Waals surface area contributed by atoms with Crippen molar-refractivity contribution < 1.29 is 36.3 Å². The third-order valence-electron chi connectivity index (χ3n) is 3.44. The molecule has 0 aliphatic carbocycles. The molecule has 146 valence electrons. The number of sulfonamides is 1. The first-order valence-electron chi connectivity index (χ1n) is 7.49. The van der Waals surface area contributed by atoms with Crippen LogP contribution in [0.15, 0.2) is 29.2 Å². The zero-order valence-corrected chi connectivity index (χ0v) is 15.0. The van der Waals surface area contributed by atoms with Crippen LogP contribution in [-0.4, -0.2) is 37.5 Å². The van der Waals surface area contributed by atoms with Crippen molar-refractivity contribution in [3.05, 3.63) is 29.8 Å². The lowest BCUT2D eigenvalue weighted by atomic mass is 10.0. The number of alkyl halides is 3. The topological polar surface area (TPSA) is 113 Å². The first kappa shape index (κ1) is 21.9. The molecule has 0 saturated heterocycles. The number of halogens is 3. The van der Waals surface area contributed by atoms with E-state index in [9.17, 15) is 31.2 Å². The second kappa shape index (κ2) is 8.04. The molecule has 0 aromatic heterocycles. The van der Waals surface area contributed by atoms with Crippen LogP contribution < -0.4 is 10.0 Å². The Morgan fingerprint density at radius 3 is 2.12 bits per heavy atom. The highest BCUT2D eigenvalue weighted by Crippen LogP contribution is 2.33. The minimum atomic E-state index is -4.90. The second-order valence-electron chi connectivity index (χ2n) is 5.91. The molecule has 1 rings (SSSR count). The van der Waals surface area contributed by atoms with Crippen LogP contribution in [0.1, 0.15) is 26.3 Å². The summed E-state index contributed by atoms with van der Waals surface area (Å²) in [6.07, 6.45) is -4.90. The molecule has 0 aliphatic rings. The number of hydrogen-bond donors (Lipinski definition) is 3. The number of carbonyl (C=O) groups is 2. The standard InChI is InChI=1S/C15H19F3N2O5S/c1-8(2)12(14(22)23)19-13(21)9(3)20-26(24,25)11-7-5-4-6-10(11)15(16,17)18/h4-9,12,20H,1-3H3,(H,19,21)(H,22,23)/t9?,12-/m0/s1. The van der Waals surface area contributed by atoms with Crippen LogP contribution in [0.2, 0.25) is 0 Å². The van der Waals surface area contributed by atoms with Crippen molar-refractivity contribution >= 4 is 21.9 Å². The minimum absolute atomic E-state index is 0.480. The molecule has 1 aromatic carbocycles. The smallest absolute Gasteiger partial charge is 0.417 e. The molecule has 1 amide bonds. The third kappa shape index (κ3) is 5.43. The van der Waals surface area contributed by atoms with E-state index in [4.69, 9.17) is 5.11 Å². The Morgan fingerprint density at radius 1 is 1.12 bits per heavy atom. The van der Waals surface area contributed by atoms with E-state index in [1.54, 1.807) is 0 Å². The first-order chi connectivity index (χ1) is 11.8. The second-order valence-corrected chi connectivity index (χ2v) is 7.59. The summed E-state index contributed by atoms with van der Waals surface area (Å²) >= 11 is 0. The first-order valence-corrected chi connectivity index (χ1v) is 8.97. The van der Waals surface area contributed by atoms with Crippen molar-refractivity contribution in [1.82, 2.24) is 10.0 Å². The molecule has 3 N–H and O–H groups in total. The van der Waals surface area contributed by atoms with E-state index in [1.165, 1.54) is 13.8 Å². The van der Waals surface area contributed by atoms with Crippen LogP contribution in [0.3, 0.4) is 0 Å². The van der Waals surface area contributed by atoms with E-state index in [-0.39, 0.29) is 0 Å². The van der Waals surface area contributed by atoms with E-state index >= 15 is 0 Å². The Balaban J connectivity index is 3.04. The number of amides is 1. The van der Waals surface area contributed by atoms with Gasteiger partial charge in [-0.15, -0.1) is 0 Å². The Labute approximate surface area is 148 Å². The number of nitrogens with one attached hydrogen (secondary N) is 2. The van der Waals surface area contributed by atoms with Gasteiger partial charge in [-0.05, 0) is 25.0 Å². The highest BCUT2D eigenvalue weighted by Gasteiger charge is 2.37. The Hall–Kier alpha value is -2.14. The lowest BCUT2D eigenvalue weighted by Gasteiger charge is -2.21. The number of carboxylic acids is 1. The zero-order chi connectivity index (χ0) is 20.3. The summed E-state index contributed by atoms with van der Waals surface area (Å²) in [7, 11) is -4.67.